The van der Waals surface area contributed by atoms with E-state index in [1.807, 2.05) is 47.4 Å². The van der Waals surface area contributed by atoms with Gasteiger partial charge in [-0.2, -0.15) is 0 Å². The van der Waals surface area contributed by atoms with Crippen molar-refractivity contribution in [2.45, 2.75) is 75.3 Å². The highest BCUT2D eigenvalue weighted by Crippen LogP contribution is 2.35. The molecule has 4 fully saturated rings. The van der Waals surface area contributed by atoms with E-state index in [9.17, 15) is 49.8 Å². The Labute approximate surface area is 461 Å². The van der Waals surface area contributed by atoms with Gasteiger partial charge in [0.05, 0.1) is 35.8 Å². The summed E-state index contributed by atoms with van der Waals surface area (Å²) < 4.78 is 90.6. The summed E-state index contributed by atoms with van der Waals surface area (Å²) >= 11 is 12.0. The van der Waals surface area contributed by atoms with Gasteiger partial charge in [0.1, 0.15) is 0 Å². The van der Waals surface area contributed by atoms with Gasteiger partial charge in [0.15, 0.2) is 17.5 Å². The smallest absolute Gasteiger partial charge is 0.246 e. The Bertz CT molecular complexity index is 2900. The van der Waals surface area contributed by atoms with Gasteiger partial charge in [-0.25, -0.2) is 30.0 Å². The van der Waals surface area contributed by atoms with E-state index >= 15 is 0 Å². The molecular formula is C56H69Cl2F3N6O8S2. The molecule has 0 saturated carbocycles. The Morgan fingerprint density at radius 2 is 0.935 bits per heavy atom. The molecule has 14 nitrogen and oxygen atoms in total. The van der Waals surface area contributed by atoms with E-state index in [1.54, 1.807) is 41.3 Å². The number of aliphatic hydroxyl groups excluding tert-OH is 2. The second-order valence-corrected chi connectivity index (χ2v) is 24.9. The number of carbonyl (C=O) groups excluding carboxylic acids is 2. The highest BCUT2D eigenvalue weighted by Gasteiger charge is 2.35. The Morgan fingerprint density at radius 1 is 0.558 bits per heavy atom. The zero-order chi connectivity index (χ0) is 55.4. The van der Waals surface area contributed by atoms with Gasteiger partial charge >= 0.3 is 0 Å². The third-order valence-corrected chi connectivity index (χ3v) is 17.3. The van der Waals surface area contributed by atoms with Gasteiger partial charge in [0.2, 0.25) is 31.9 Å². The molecule has 0 radical (unpaired) electrons. The molecule has 4 aromatic carbocycles. The van der Waals surface area contributed by atoms with Gasteiger partial charge in [0, 0.05) is 61.8 Å². The van der Waals surface area contributed by atoms with Crippen molar-refractivity contribution in [1.82, 2.24) is 19.6 Å². The third kappa shape index (κ3) is 17.3. The summed E-state index contributed by atoms with van der Waals surface area (Å²) in [6.45, 7) is 6.03. The van der Waals surface area contributed by atoms with Crippen molar-refractivity contribution in [2.75, 3.05) is 87.5 Å². The molecule has 4 N–H and O–H groups in total. The van der Waals surface area contributed by atoms with Crippen molar-refractivity contribution in [2.24, 2.45) is 11.8 Å². The molecule has 4 heterocycles. The average molecular weight is 1150 g/mol. The predicted octanol–water partition coefficient (Wildman–Crippen LogP) is 8.82. The lowest BCUT2D eigenvalue weighted by molar-refractivity contribution is -0.128. The molecule has 0 spiro atoms. The van der Waals surface area contributed by atoms with Crippen LogP contribution in [-0.4, -0.2) is 149 Å². The number of halogens is 5. The second kappa shape index (κ2) is 27.3. The molecule has 8 rings (SSSR count). The second-order valence-electron chi connectivity index (χ2n) is 20.6. The lowest BCUT2D eigenvalue weighted by atomic mass is 9.85. The first-order valence-corrected chi connectivity index (χ1v) is 30.6. The van der Waals surface area contributed by atoms with Crippen LogP contribution in [0.2, 0.25) is 10.0 Å². The molecule has 4 aromatic rings. The van der Waals surface area contributed by atoms with Crippen LogP contribution in [0.5, 0.6) is 0 Å². The molecule has 2 amide bonds. The molecule has 0 bridgehead atoms. The van der Waals surface area contributed by atoms with Crippen molar-refractivity contribution in [3.8, 4) is 0 Å². The summed E-state index contributed by atoms with van der Waals surface area (Å²) in [5, 5.41) is 21.4. The summed E-state index contributed by atoms with van der Waals surface area (Å²) in [6.07, 6.45) is 15.2. The molecule has 77 heavy (non-hydrogen) atoms. The van der Waals surface area contributed by atoms with Crippen molar-refractivity contribution < 1.29 is 49.8 Å². The molecule has 2 atom stereocenters. The van der Waals surface area contributed by atoms with Gasteiger partial charge < -0.3 is 20.0 Å². The zero-order valence-corrected chi connectivity index (χ0v) is 46.5. The maximum Gasteiger partial charge on any atom is 0.246 e. The normalized spacial score (nSPS) is 19.0. The first kappa shape index (κ1) is 59.7. The van der Waals surface area contributed by atoms with Gasteiger partial charge in [-0.15, -0.1) is 0 Å². The SMILES string of the molecule is CS(=O)(=O)Nc1ccc(C2CCN(C(CO)C3CCN(C(=O)/C=C/c4cc(F)c(F)c(F)c4)CC3)CC2)cc1.CS(=O)(=O)Nc1ccc(C2CCN(C(CO)C3CCN(C(=O)/C=C/c4ccc(Cl)c(Cl)c4)CC3)CC2)cc1. The van der Waals surface area contributed by atoms with Crippen molar-refractivity contribution in [3.05, 3.63) is 141 Å². The van der Waals surface area contributed by atoms with Gasteiger partial charge in [0.25, 0.3) is 0 Å². The highest BCUT2D eigenvalue weighted by atomic mass is 35.5. The Morgan fingerprint density at radius 3 is 1.29 bits per heavy atom. The van der Waals surface area contributed by atoms with Crippen molar-refractivity contribution in [1.29, 1.82) is 0 Å². The molecule has 4 aliphatic rings. The fraction of sp³-hybridized carbons (Fsp3) is 0.464. The number of likely N-dealkylation sites (tertiary alicyclic amines) is 4. The zero-order valence-electron chi connectivity index (χ0n) is 43.3. The van der Waals surface area contributed by atoms with Crippen LogP contribution in [0.1, 0.15) is 85.5 Å². The lowest BCUT2D eigenvalue weighted by Gasteiger charge is -2.43. The minimum Gasteiger partial charge on any atom is -0.395 e. The van der Waals surface area contributed by atoms with Crippen LogP contribution >= 0.6 is 23.2 Å². The van der Waals surface area contributed by atoms with E-state index in [2.05, 4.69) is 19.2 Å². The molecule has 2 unspecified atom stereocenters. The number of anilines is 2. The van der Waals surface area contributed by atoms with E-state index < -0.39 is 37.5 Å². The number of carbonyl (C=O) groups is 2. The van der Waals surface area contributed by atoms with Gasteiger partial charge in [-0.1, -0.05) is 53.5 Å². The number of rotatable bonds is 16. The molecule has 21 heteroatoms. The van der Waals surface area contributed by atoms with Crippen molar-refractivity contribution in [3.63, 3.8) is 0 Å². The average Bonchev–Trinajstić information content (AvgIpc) is 3.41. The van der Waals surface area contributed by atoms with Crippen molar-refractivity contribution >= 4 is 78.6 Å². The fourth-order valence-corrected chi connectivity index (χ4v) is 12.6. The maximum atomic E-state index is 13.4. The van der Waals surface area contributed by atoms with Crippen LogP contribution in [0.3, 0.4) is 0 Å². The first-order chi connectivity index (χ1) is 36.7. The minimum atomic E-state index is -3.31. The van der Waals surface area contributed by atoms with Gasteiger partial charge in [-0.05, 0) is 184 Å². The molecule has 4 aliphatic heterocycles. The Hall–Kier alpha value is -4.99. The third-order valence-electron chi connectivity index (χ3n) is 15.3. The summed E-state index contributed by atoms with van der Waals surface area (Å²) in [6, 6.07) is 22.2. The number of amides is 2. The molecular weight excluding hydrogens is 1080 g/mol. The number of piperidine rings is 4. The number of nitrogens with one attached hydrogen (secondary N) is 2. The Balaban J connectivity index is 0.000000224. The number of benzene rings is 4. The van der Waals surface area contributed by atoms with Crippen LogP contribution in [0.15, 0.2) is 91.0 Å². The monoisotopic (exact) mass is 1140 g/mol. The standard InChI is InChI=1S/C28H35Cl2N3O4S.C28H34F3N3O4S/c1-38(36,37)31-24-6-4-21(5-7-24)22-10-14-32(15-11-22)27(19-34)23-12-16-33(17-13-23)28(35)9-3-20-2-8-25(29)26(30)18-20;1-39(37,38)32-23-5-3-20(4-6-23)21-8-12-33(13-9-21)26(18-35)22-10-14-34(15-11-22)27(36)7-2-19-16-24(29)28(31)25(30)17-19/h2-9,18,22-23,27,31,34H,10-17,19H2,1H3;2-7,16-17,21-22,26,32,35H,8-15,18H2,1H3/b9-3+;7-2+. The summed E-state index contributed by atoms with van der Waals surface area (Å²) in [5.41, 5.74) is 4.39. The number of sulfonamides is 2. The number of aliphatic hydroxyl groups is 2. The quantitative estimate of drug-likeness (QED) is 0.0626. The highest BCUT2D eigenvalue weighted by molar-refractivity contribution is 7.92. The number of hydrogen-bond acceptors (Lipinski definition) is 10. The van der Waals surface area contributed by atoms with Crippen LogP contribution in [0, 0.1) is 29.3 Å². The van der Waals surface area contributed by atoms with Crippen LogP contribution in [0.4, 0.5) is 24.5 Å². The number of nitrogens with zero attached hydrogens (tertiary/aromatic N) is 4. The molecule has 418 valence electrons. The van der Waals surface area contributed by atoms with Crippen LogP contribution in [0.25, 0.3) is 12.2 Å². The van der Waals surface area contributed by atoms with E-state index in [0.717, 1.165) is 108 Å². The summed E-state index contributed by atoms with van der Waals surface area (Å²) in [5.74, 6) is -3.08. The largest absolute Gasteiger partial charge is 0.395 e. The predicted molar refractivity (Wildman–Crippen MR) is 298 cm³/mol. The first-order valence-electron chi connectivity index (χ1n) is 26.1. The van der Waals surface area contributed by atoms with Gasteiger partial charge in [-0.3, -0.25) is 28.8 Å². The Kier molecular flexibility index (Phi) is 21.1. The topological polar surface area (TPSA) is 180 Å². The fourth-order valence-electron chi connectivity index (χ4n) is 11.2. The summed E-state index contributed by atoms with van der Waals surface area (Å²) in [7, 11) is -6.60. The van der Waals surface area contributed by atoms with Crippen LogP contribution < -0.4 is 9.44 Å². The summed E-state index contributed by atoms with van der Waals surface area (Å²) in [4.78, 5) is 33.6. The van der Waals surface area contributed by atoms with E-state index in [-0.39, 0.29) is 48.6 Å². The number of hydrogen-bond donors (Lipinski definition) is 4. The van der Waals surface area contributed by atoms with Crippen LogP contribution in [-0.2, 0) is 29.6 Å². The van der Waals surface area contributed by atoms with E-state index in [1.165, 1.54) is 23.3 Å². The lowest BCUT2D eigenvalue weighted by Crippen LogP contribution is -2.50. The molecule has 4 saturated heterocycles. The minimum absolute atomic E-state index is 0.00486. The molecule has 0 aliphatic carbocycles. The van der Waals surface area contributed by atoms with E-state index in [0.29, 0.717) is 65.4 Å². The maximum absolute atomic E-state index is 13.4. The van der Waals surface area contributed by atoms with E-state index in [4.69, 9.17) is 23.2 Å². The molecule has 0 aromatic heterocycles.